The first-order valence-electron chi connectivity index (χ1n) is 23.6. The van der Waals surface area contributed by atoms with Crippen LogP contribution in [0.2, 0.25) is 0 Å². The maximum atomic E-state index is 2.59. The summed E-state index contributed by atoms with van der Waals surface area (Å²) >= 11 is 0. The van der Waals surface area contributed by atoms with Crippen molar-refractivity contribution in [1.82, 2.24) is 9.13 Å². The van der Waals surface area contributed by atoms with Gasteiger partial charge in [-0.05, 0) is 125 Å². The van der Waals surface area contributed by atoms with E-state index in [0.717, 1.165) is 0 Å². The Bertz CT molecular complexity index is 3610. The van der Waals surface area contributed by atoms with Gasteiger partial charge in [-0.2, -0.15) is 0 Å². The summed E-state index contributed by atoms with van der Waals surface area (Å²) in [5.74, 6) is 0. The molecule has 0 spiro atoms. The number of hydrogen-bond acceptors (Lipinski definition) is 0. The van der Waals surface area contributed by atoms with Gasteiger partial charge in [0.1, 0.15) is 0 Å². The second-order valence-electron chi connectivity index (χ2n) is 22.1. The van der Waals surface area contributed by atoms with Crippen LogP contribution in [0.4, 0.5) is 0 Å². The van der Waals surface area contributed by atoms with E-state index in [1.165, 1.54) is 132 Å². The summed E-state index contributed by atoms with van der Waals surface area (Å²) in [4.78, 5) is 0. The zero-order chi connectivity index (χ0) is 44.5. The average molecular weight is 837 g/mol. The summed E-state index contributed by atoms with van der Waals surface area (Å²) in [7, 11) is 0. The second-order valence-corrected chi connectivity index (χ2v) is 22.1. The lowest BCUT2D eigenvalue weighted by atomic mass is 9.31. The van der Waals surface area contributed by atoms with Crippen molar-refractivity contribution in [3.05, 3.63) is 174 Å². The molecule has 9 aromatic carbocycles. The molecule has 65 heavy (non-hydrogen) atoms. The fourth-order valence-corrected chi connectivity index (χ4v) is 11.9. The van der Waals surface area contributed by atoms with Gasteiger partial charge in [-0.3, -0.25) is 0 Å². The Hall–Kier alpha value is -6.84. The van der Waals surface area contributed by atoms with Gasteiger partial charge in [-0.15, -0.1) is 0 Å². The summed E-state index contributed by atoms with van der Waals surface area (Å²) in [6, 6.07) is 61.2. The molecule has 314 valence electrons. The molecule has 0 radical (unpaired) electrons. The Kier molecular flexibility index (Phi) is 7.67. The normalized spacial score (nSPS) is 13.6. The third-order valence-corrected chi connectivity index (χ3v) is 15.1. The molecule has 11 aromatic rings. The minimum atomic E-state index is -0.0966. The quantitative estimate of drug-likeness (QED) is 0.154. The van der Waals surface area contributed by atoms with Gasteiger partial charge in [0.05, 0.1) is 22.1 Å². The van der Waals surface area contributed by atoms with Crippen LogP contribution in [-0.2, 0) is 16.2 Å². The van der Waals surface area contributed by atoms with Crippen molar-refractivity contribution in [3.63, 3.8) is 0 Å². The molecule has 0 N–H and O–H groups in total. The first kappa shape index (κ1) is 38.6. The summed E-state index contributed by atoms with van der Waals surface area (Å²) in [6.07, 6.45) is 0. The molecule has 0 amide bonds. The molecule has 2 aromatic heterocycles. The van der Waals surface area contributed by atoms with Gasteiger partial charge in [0.25, 0.3) is 0 Å². The predicted octanol–water partition coefficient (Wildman–Crippen LogP) is 14.6. The zero-order valence-corrected chi connectivity index (χ0v) is 39.0. The maximum absolute atomic E-state index is 2.59. The van der Waals surface area contributed by atoms with Gasteiger partial charge in [0.2, 0.25) is 6.71 Å². The van der Waals surface area contributed by atoms with E-state index in [-0.39, 0.29) is 23.0 Å². The van der Waals surface area contributed by atoms with Crippen molar-refractivity contribution in [2.24, 2.45) is 0 Å². The fourth-order valence-electron chi connectivity index (χ4n) is 11.9. The number of benzene rings is 9. The molecular weight excluding hydrogens is 784 g/mol. The maximum Gasteiger partial charge on any atom is 0.244 e. The lowest BCUT2D eigenvalue weighted by Gasteiger charge is -2.36. The topological polar surface area (TPSA) is 9.86 Å². The standard InChI is InChI=1S/C62H53BN2/c1-60(2,3)38-24-28-41(29-25-38)64-49-22-12-10-18-43(49)55-51(64)32-36-16-14-20-47-53(36)57(55)45-34-40(62(7,8)9)35-46-58-54-37(17-15-21-48(54)63(47)59(45)46)33-52-56(58)44-19-11-13-23-50(44)65(52)42-30-26-39(27-31-42)61(4,5)6/h10-35H,1-9H3. The lowest BCUT2D eigenvalue weighted by Crippen LogP contribution is -2.57. The van der Waals surface area contributed by atoms with E-state index < -0.39 is 0 Å². The molecule has 2 aliphatic rings. The number of fused-ring (bicyclic) bond motifs is 12. The molecule has 0 fully saturated rings. The van der Waals surface area contributed by atoms with Crippen molar-refractivity contribution in [2.75, 3.05) is 0 Å². The summed E-state index contributed by atoms with van der Waals surface area (Å²) < 4.78 is 5.04. The molecule has 4 heterocycles. The Morgan fingerprint density at radius 1 is 0.354 bits per heavy atom. The highest BCUT2D eigenvalue weighted by Crippen LogP contribution is 2.50. The molecule has 2 aliphatic heterocycles. The Morgan fingerprint density at radius 3 is 1.15 bits per heavy atom. The van der Waals surface area contributed by atoms with Crippen molar-refractivity contribution in [2.45, 2.75) is 78.6 Å². The van der Waals surface area contributed by atoms with Gasteiger partial charge in [0.15, 0.2) is 0 Å². The van der Waals surface area contributed by atoms with Crippen LogP contribution in [-0.4, -0.2) is 15.8 Å². The highest BCUT2D eigenvalue weighted by Gasteiger charge is 2.41. The average Bonchev–Trinajstić information content (AvgIpc) is 3.79. The highest BCUT2D eigenvalue weighted by atomic mass is 15.0. The van der Waals surface area contributed by atoms with Crippen LogP contribution >= 0.6 is 0 Å². The third kappa shape index (κ3) is 5.30. The molecule has 0 aliphatic carbocycles. The van der Waals surface area contributed by atoms with Crippen molar-refractivity contribution >= 4 is 88.3 Å². The predicted molar refractivity (Wildman–Crippen MR) is 282 cm³/mol. The van der Waals surface area contributed by atoms with Crippen molar-refractivity contribution in [1.29, 1.82) is 0 Å². The molecule has 3 heteroatoms. The SMILES string of the molecule is CC(C)(C)c1ccc(-n2c3ccccc3c3c4c5c(cccc5cc32)B2c3c-4cc(C(C)(C)C)cc3-c3c4c2cccc4cc2c3c3ccccc3n2-c2ccc(C(C)(C)C)cc2)cc1. The van der Waals surface area contributed by atoms with Crippen LogP contribution in [0.25, 0.3) is 98.8 Å². The molecule has 0 saturated heterocycles. The molecule has 2 nitrogen and oxygen atoms in total. The fraction of sp³-hybridized carbons (Fsp3) is 0.194. The monoisotopic (exact) mass is 836 g/mol. The Labute approximate surface area is 382 Å². The second kappa shape index (κ2) is 12.9. The largest absolute Gasteiger partial charge is 0.309 e. The molecule has 0 atom stereocenters. The van der Waals surface area contributed by atoms with Gasteiger partial charge in [-0.1, -0.05) is 188 Å². The minimum absolute atomic E-state index is 0.0744. The number of hydrogen-bond donors (Lipinski definition) is 0. The van der Waals surface area contributed by atoms with E-state index in [1.54, 1.807) is 0 Å². The van der Waals surface area contributed by atoms with Crippen LogP contribution in [0.3, 0.4) is 0 Å². The first-order valence-corrected chi connectivity index (χ1v) is 23.6. The molecule has 0 bridgehead atoms. The summed E-state index contributed by atoms with van der Waals surface area (Å²) in [6.45, 7) is 21.0. The number of nitrogens with zero attached hydrogens (tertiary/aromatic N) is 2. The smallest absolute Gasteiger partial charge is 0.244 e. The summed E-state index contributed by atoms with van der Waals surface area (Å²) in [5.41, 5.74) is 21.2. The Balaban J connectivity index is 1.19. The van der Waals surface area contributed by atoms with Crippen molar-refractivity contribution in [3.8, 4) is 33.6 Å². The number of para-hydroxylation sites is 2. The van der Waals surface area contributed by atoms with E-state index >= 15 is 0 Å². The third-order valence-electron chi connectivity index (χ3n) is 15.1. The summed E-state index contributed by atoms with van der Waals surface area (Å²) in [5, 5.41) is 10.6. The van der Waals surface area contributed by atoms with Gasteiger partial charge >= 0.3 is 0 Å². The van der Waals surface area contributed by atoms with Gasteiger partial charge < -0.3 is 9.13 Å². The van der Waals surface area contributed by atoms with Crippen molar-refractivity contribution < 1.29 is 0 Å². The molecule has 0 unspecified atom stereocenters. The highest BCUT2D eigenvalue weighted by molar-refractivity contribution is 7.01. The van der Waals surface area contributed by atoms with Gasteiger partial charge in [-0.25, -0.2) is 0 Å². The van der Waals surface area contributed by atoms with Crippen LogP contribution in [0.1, 0.15) is 79.0 Å². The number of rotatable bonds is 2. The van der Waals surface area contributed by atoms with E-state index in [4.69, 9.17) is 0 Å². The number of aromatic nitrogens is 2. The molecular formula is C62H53BN2. The van der Waals surface area contributed by atoms with E-state index in [1.807, 2.05) is 0 Å². The van der Waals surface area contributed by atoms with Crippen LogP contribution in [0, 0.1) is 0 Å². The lowest BCUT2D eigenvalue weighted by molar-refractivity contribution is 0.590. The minimum Gasteiger partial charge on any atom is -0.309 e. The van der Waals surface area contributed by atoms with Gasteiger partial charge in [0, 0.05) is 32.9 Å². The van der Waals surface area contributed by atoms with E-state index in [0.29, 0.717) is 0 Å². The Morgan fingerprint density at radius 2 is 0.754 bits per heavy atom. The molecule has 13 rings (SSSR count). The zero-order valence-electron chi connectivity index (χ0n) is 39.0. The van der Waals surface area contributed by atoms with E-state index in [2.05, 4.69) is 229 Å². The van der Waals surface area contributed by atoms with Crippen LogP contribution in [0.15, 0.2) is 158 Å². The van der Waals surface area contributed by atoms with Crippen LogP contribution in [0.5, 0.6) is 0 Å². The molecule has 0 saturated carbocycles. The van der Waals surface area contributed by atoms with E-state index in [9.17, 15) is 0 Å². The first-order chi connectivity index (χ1) is 31.2. The van der Waals surface area contributed by atoms with Crippen LogP contribution < -0.4 is 16.4 Å².